The molecule has 0 amide bonds. The first-order chi connectivity index (χ1) is 10.4. The maximum absolute atomic E-state index is 5.44. The largest absolute Gasteiger partial charge is 0.463 e. The summed E-state index contributed by atoms with van der Waals surface area (Å²) in [6.07, 6.45) is 0. The molecule has 0 N–H and O–H groups in total. The van der Waals surface area contributed by atoms with Crippen LogP contribution < -0.4 is 4.74 Å². The molecule has 0 radical (unpaired) electrons. The molecule has 21 heavy (non-hydrogen) atoms. The molecule has 2 aromatic carbocycles. The minimum absolute atomic E-state index is 0.423. The number of rotatable bonds is 5. The summed E-state index contributed by atoms with van der Waals surface area (Å²) < 4.78 is 7.33. The van der Waals surface area contributed by atoms with Gasteiger partial charge in [-0.15, -0.1) is 5.10 Å². The van der Waals surface area contributed by atoms with E-state index in [1.54, 1.807) is 0 Å². The van der Waals surface area contributed by atoms with E-state index in [0.717, 1.165) is 11.4 Å². The van der Waals surface area contributed by atoms with E-state index in [0.29, 0.717) is 19.2 Å². The minimum atomic E-state index is 0.423. The highest BCUT2D eigenvalue weighted by atomic mass is 16.5. The maximum Gasteiger partial charge on any atom is 0.336 e. The van der Waals surface area contributed by atoms with Crippen LogP contribution in [0, 0.1) is 0 Å². The summed E-state index contributed by atoms with van der Waals surface area (Å²) in [7, 11) is 0. The number of nitrogens with zero attached hydrogens (tertiary/aromatic N) is 3. The molecule has 1 heterocycles. The number of hydrogen-bond acceptors (Lipinski definition) is 3. The highest BCUT2D eigenvalue weighted by Crippen LogP contribution is 2.20. The normalized spacial score (nSPS) is 10.5. The molecule has 0 aliphatic carbocycles. The van der Waals surface area contributed by atoms with Gasteiger partial charge in [-0.2, -0.15) is 4.98 Å². The number of benzene rings is 2. The summed E-state index contributed by atoms with van der Waals surface area (Å²) in [6.45, 7) is 3.16. The van der Waals surface area contributed by atoms with Crippen LogP contribution in [-0.2, 0) is 6.54 Å². The standard InChI is InChI=1S/C17H17N3O/c1-2-21-17-18-16(15-11-7-4-8-12-15)20(19-17)13-14-9-5-3-6-10-14/h3-12H,2,13H2,1H3. The Labute approximate surface area is 124 Å². The van der Waals surface area contributed by atoms with Crippen molar-refractivity contribution in [3.05, 3.63) is 66.2 Å². The lowest BCUT2D eigenvalue weighted by Gasteiger charge is -2.05. The van der Waals surface area contributed by atoms with Gasteiger partial charge in [0, 0.05) is 5.56 Å². The van der Waals surface area contributed by atoms with Gasteiger partial charge in [0.1, 0.15) is 0 Å². The Morgan fingerprint density at radius 3 is 2.29 bits per heavy atom. The van der Waals surface area contributed by atoms with E-state index in [2.05, 4.69) is 22.2 Å². The van der Waals surface area contributed by atoms with Gasteiger partial charge in [-0.05, 0) is 12.5 Å². The smallest absolute Gasteiger partial charge is 0.336 e. The topological polar surface area (TPSA) is 39.9 Å². The van der Waals surface area contributed by atoms with Crippen LogP contribution in [0.1, 0.15) is 12.5 Å². The number of hydrogen-bond donors (Lipinski definition) is 0. The molecule has 4 heteroatoms. The van der Waals surface area contributed by atoms with Crippen molar-refractivity contribution in [1.82, 2.24) is 14.8 Å². The third-order valence-electron chi connectivity index (χ3n) is 3.13. The predicted octanol–water partition coefficient (Wildman–Crippen LogP) is 3.39. The van der Waals surface area contributed by atoms with Gasteiger partial charge >= 0.3 is 6.01 Å². The Morgan fingerprint density at radius 2 is 1.62 bits per heavy atom. The highest BCUT2D eigenvalue weighted by molar-refractivity contribution is 5.55. The molecule has 1 aromatic heterocycles. The highest BCUT2D eigenvalue weighted by Gasteiger charge is 2.12. The molecule has 3 aromatic rings. The molecule has 0 spiro atoms. The number of aromatic nitrogens is 3. The Hall–Kier alpha value is -2.62. The van der Waals surface area contributed by atoms with E-state index in [1.807, 2.05) is 60.1 Å². The molecule has 0 fully saturated rings. The Bertz CT molecular complexity index is 693. The zero-order valence-corrected chi connectivity index (χ0v) is 11.9. The Balaban J connectivity index is 1.98. The first-order valence-corrected chi connectivity index (χ1v) is 7.04. The lowest BCUT2D eigenvalue weighted by molar-refractivity contribution is 0.311. The SMILES string of the molecule is CCOc1nc(-c2ccccc2)n(Cc2ccccc2)n1. The second-order valence-electron chi connectivity index (χ2n) is 4.66. The van der Waals surface area contributed by atoms with Gasteiger partial charge in [-0.25, -0.2) is 4.68 Å². The van der Waals surface area contributed by atoms with Crippen molar-refractivity contribution in [3.8, 4) is 17.4 Å². The zero-order valence-electron chi connectivity index (χ0n) is 11.9. The van der Waals surface area contributed by atoms with E-state index in [1.165, 1.54) is 5.56 Å². The lowest BCUT2D eigenvalue weighted by Crippen LogP contribution is -2.04. The Morgan fingerprint density at radius 1 is 0.952 bits per heavy atom. The molecule has 0 saturated carbocycles. The van der Waals surface area contributed by atoms with Crippen LogP contribution in [0.25, 0.3) is 11.4 Å². The minimum Gasteiger partial charge on any atom is -0.463 e. The van der Waals surface area contributed by atoms with Gasteiger partial charge in [-0.3, -0.25) is 0 Å². The summed E-state index contributed by atoms with van der Waals surface area (Å²) in [4.78, 5) is 4.50. The first-order valence-electron chi connectivity index (χ1n) is 7.04. The fourth-order valence-corrected chi connectivity index (χ4v) is 2.18. The molecule has 0 aliphatic heterocycles. The fourth-order valence-electron chi connectivity index (χ4n) is 2.18. The second kappa shape index (κ2) is 6.22. The van der Waals surface area contributed by atoms with Crippen LogP contribution in [0.15, 0.2) is 60.7 Å². The maximum atomic E-state index is 5.44. The van der Waals surface area contributed by atoms with Crippen molar-refractivity contribution < 1.29 is 4.74 Å². The predicted molar refractivity (Wildman–Crippen MR) is 82.2 cm³/mol. The monoisotopic (exact) mass is 279 g/mol. The van der Waals surface area contributed by atoms with Crippen LogP contribution in [0.4, 0.5) is 0 Å². The molecule has 0 atom stereocenters. The summed E-state index contributed by atoms with van der Waals surface area (Å²) in [5, 5.41) is 4.45. The molecule has 0 aliphatic rings. The van der Waals surface area contributed by atoms with E-state index in [-0.39, 0.29) is 0 Å². The van der Waals surface area contributed by atoms with Crippen molar-refractivity contribution in [2.45, 2.75) is 13.5 Å². The average Bonchev–Trinajstić information content (AvgIpc) is 2.92. The van der Waals surface area contributed by atoms with Crippen LogP contribution in [0.5, 0.6) is 6.01 Å². The van der Waals surface area contributed by atoms with Crippen LogP contribution in [0.2, 0.25) is 0 Å². The van der Waals surface area contributed by atoms with E-state index in [9.17, 15) is 0 Å². The third-order valence-corrected chi connectivity index (χ3v) is 3.13. The van der Waals surface area contributed by atoms with Gasteiger partial charge in [-0.1, -0.05) is 60.7 Å². The van der Waals surface area contributed by atoms with Crippen molar-refractivity contribution in [3.63, 3.8) is 0 Å². The molecule has 4 nitrogen and oxygen atoms in total. The molecular formula is C17H17N3O. The van der Waals surface area contributed by atoms with Gasteiger partial charge in [0.15, 0.2) is 5.82 Å². The molecule has 106 valence electrons. The van der Waals surface area contributed by atoms with Gasteiger partial charge in [0.05, 0.1) is 13.2 Å². The van der Waals surface area contributed by atoms with Crippen LogP contribution in [-0.4, -0.2) is 21.4 Å². The lowest BCUT2D eigenvalue weighted by atomic mass is 10.2. The van der Waals surface area contributed by atoms with E-state index >= 15 is 0 Å². The summed E-state index contributed by atoms with van der Waals surface area (Å²) >= 11 is 0. The average molecular weight is 279 g/mol. The molecule has 0 unspecified atom stereocenters. The first kappa shape index (κ1) is 13.4. The summed E-state index contributed by atoms with van der Waals surface area (Å²) in [6, 6.07) is 20.7. The van der Waals surface area contributed by atoms with Crippen molar-refractivity contribution >= 4 is 0 Å². The third kappa shape index (κ3) is 3.11. The van der Waals surface area contributed by atoms with E-state index in [4.69, 9.17) is 4.74 Å². The molecular weight excluding hydrogens is 262 g/mol. The Kier molecular flexibility index (Phi) is 3.96. The van der Waals surface area contributed by atoms with Gasteiger partial charge in [0.25, 0.3) is 0 Å². The number of ether oxygens (including phenoxy) is 1. The quantitative estimate of drug-likeness (QED) is 0.718. The van der Waals surface area contributed by atoms with Crippen molar-refractivity contribution in [1.29, 1.82) is 0 Å². The summed E-state index contributed by atoms with van der Waals surface area (Å²) in [5.74, 6) is 0.822. The van der Waals surface area contributed by atoms with Crippen molar-refractivity contribution in [2.24, 2.45) is 0 Å². The summed E-state index contributed by atoms with van der Waals surface area (Å²) in [5.41, 5.74) is 2.22. The van der Waals surface area contributed by atoms with Crippen LogP contribution in [0.3, 0.4) is 0 Å². The van der Waals surface area contributed by atoms with E-state index < -0.39 is 0 Å². The molecule has 0 saturated heterocycles. The zero-order chi connectivity index (χ0) is 14.5. The molecule has 3 rings (SSSR count). The van der Waals surface area contributed by atoms with Crippen LogP contribution >= 0.6 is 0 Å². The fraction of sp³-hybridized carbons (Fsp3) is 0.176. The second-order valence-corrected chi connectivity index (χ2v) is 4.66. The van der Waals surface area contributed by atoms with Gasteiger partial charge in [0.2, 0.25) is 0 Å². The van der Waals surface area contributed by atoms with Gasteiger partial charge < -0.3 is 4.74 Å². The van der Waals surface area contributed by atoms with Crippen molar-refractivity contribution in [2.75, 3.05) is 6.61 Å². The molecule has 0 bridgehead atoms.